The molecule has 0 saturated carbocycles. The topological polar surface area (TPSA) is 89.5 Å². The molecule has 1 aliphatic rings. The van der Waals surface area contributed by atoms with E-state index < -0.39 is 0 Å². The lowest BCUT2D eigenvalue weighted by Gasteiger charge is -2.27. The molecule has 0 radical (unpaired) electrons. The number of nitrogens with zero attached hydrogens (tertiary/aromatic N) is 6. The van der Waals surface area contributed by atoms with Crippen LogP contribution >= 0.6 is 0 Å². The summed E-state index contributed by atoms with van der Waals surface area (Å²) in [4.78, 5) is 25.5. The van der Waals surface area contributed by atoms with Gasteiger partial charge in [0.2, 0.25) is 0 Å². The van der Waals surface area contributed by atoms with Crippen molar-refractivity contribution in [3.8, 4) is 17.2 Å². The van der Waals surface area contributed by atoms with E-state index in [2.05, 4.69) is 28.9 Å². The number of rotatable bonds is 4. The maximum absolute atomic E-state index is 12.5. The lowest BCUT2D eigenvalue weighted by Crippen LogP contribution is -2.37. The first kappa shape index (κ1) is 20.2. The van der Waals surface area contributed by atoms with Gasteiger partial charge in [0.1, 0.15) is 5.52 Å². The summed E-state index contributed by atoms with van der Waals surface area (Å²) in [5.74, 6) is 1.06. The second-order valence-corrected chi connectivity index (χ2v) is 7.99. The highest BCUT2D eigenvalue weighted by atomic mass is 16.5. The number of aromatic nitrogens is 4. The molecule has 4 heterocycles. The first-order valence-corrected chi connectivity index (χ1v) is 10.5. The number of amides is 1. The van der Waals surface area contributed by atoms with E-state index in [1.165, 1.54) is 10.5 Å². The molecule has 1 aromatic carbocycles. The summed E-state index contributed by atoms with van der Waals surface area (Å²) < 4.78 is 13.1. The second-order valence-electron chi connectivity index (χ2n) is 7.99. The van der Waals surface area contributed by atoms with Crippen molar-refractivity contribution in [1.82, 2.24) is 24.6 Å². The second kappa shape index (κ2) is 8.08. The largest absolute Gasteiger partial charge is 0.445 e. The molecule has 4 aromatic rings. The molecule has 1 fully saturated rings. The van der Waals surface area contributed by atoms with E-state index in [1.54, 1.807) is 24.8 Å². The summed E-state index contributed by atoms with van der Waals surface area (Å²) in [7, 11) is 3.37. The maximum atomic E-state index is 12.5. The van der Waals surface area contributed by atoms with Crippen LogP contribution in [0.3, 0.4) is 0 Å². The number of aryl methyl sites for hydroxylation is 1. The van der Waals surface area contributed by atoms with Crippen molar-refractivity contribution < 1.29 is 13.9 Å². The predicted octanol–water partition coefficient (Wildman–Crippen LogP) is 2.92. The number of hydrogen-bond acceptors (Lipinski definition) is 7. The van der Waals surface area contributed by atoms with Crippen molar-refractivity contribution in [1.29, 1.82) is 0 Å². The minimum Gasteiger partial charge on any atom is -0.445 e. The molecule has 0 bridgehead atoms. The molecule has 0 unspecified atom stereocenters. The normalized spacial score (nSPS) is 14.2. The van der Waals surface area contributed by atoms with Gasteiger partial charge in [0.15, 0.2) is 17.2 Å². The summed E-state index contributed by atoms with van der Waals surface area (Å²) in [6.45, 7) is 4.61. The van der Waals surface area contributed by atoms with Gasteiger partial charge in [0, 0.05) is 45.0 Å². The Morgan fingerprint density at radius 3 is 2.66 bits per heavy atom. The fraction of sp³-hybridized carbons (Fsp3) is 0.304. The van der Waals surface area contributed by atoms with Gasteiger partial charge in [0.05, 0.1) is 18.9 Å². The molecule has 0 N–H and O–H groups in total. The van der Waals surface area contributed by atoms with E-state index in [0.29, 0.717) is 49.2 Å². The maximum Gasteiger partial charge on any atom is 0.289 e. The Balaban J connectivity index is 1.61. The van der Waals surface area contributed by atoms with Crippen LogP contribution < -0.4 is 4.90 Å². The number of morpholine rings is 1. The first-order valence-electron chi connectivity index (χ1n) is 10.5. The summed E-state index contributed by atoms with van der Waals surface area (Å²) in [6.07, 6.45) is 1.84. The molecular formula is C23H24N6O3. The highest BCUT2D eigenvalue weighted by molar-refractivity contribution is 5.97. The Morgan fingerprint density at radius 1 is 1.09 bits per heavy atom. The standard InChI is InChI=1S/C23H24N6O3/c1-15-5-4-6-16(13-15)17-7-8-29(26-17)23-24-18-14-19(22(30)27(2)3)32-20(18)21(25-23)28-9-11-31-12-10-28/h4-8,13-14H,9-12H2,1-3H3. The van der Waals surface area contributed by atoms with Crippen LogP contribution in [0.4, 0.5) is 5.82 Å². The molecule has 5 rings (SSSR count). The molecule has 32 heavy (non-hydrogen) atoms. The third-order valence-corrected chi connectivity index (χ3v) is 5.38. The van der Waals surface area contributed by atoms with E-state index in [-0.39, 0.29) is 11.7 Å². The predicted molar refractivity (Wildman–Crippen MR) is 120 cm³/mol. The molecule has 1 saturated heterocycles. The minimum atomic E-state index is -0.224. The van der Waals surface area contributed by atoms with Crippen molar-refractivity contribution >= 4 is 22.8 Å². The van der Waals surface area contributed by atoms with Crippen LogP contribution in [0.1, 0.15) is 16.1 Å². The SMILES string of the molecule is Cc1cccc(-c2ccn(-c3nc(N4CCOCC4)c4oc(C(=O)N(C)C)cc4n3)n2)c1. The molecule has 3 aromatic heterocycles. The molecule has 9 nitrogen and oxygen atoms in total. The molecule has 0 atom stereocenters. The monoisotopic (exact) mass is 432 g/mol. The van der Waals surface area contributed by atoms with Crippen LogP contribution in [0.15, 0.2) is 47.0 Å². The average molecular weight is 432 g/mol. The smallest absolute Gasteiger partial charge is 0.289 e. The number of ether oxygens (including phenoxy) is 1. The van der Waals surface area contributed by atoms with E-state index in [9.17, 15) is 4.79 Å². The number of hydrogen-bond donors (Lipinski definition) is 0. The van der Waals surface area contributed by atoms with Crippen LogP contribution in [0, 0.1) is 6.92 Å². The molecule has 0 spiro atoms. The Morgan fingerprint density at radius 2 is 1.91 bits per heavy atom. The summed E-state index contributed by atoms with van der Waals surface area (Å²) >= 11 is 0. The van der Waals surface area contributed by atoms with Gasteiger partial charge in [-0.25, -0.2) is 9.67 Å². The lowest BCUT2D eigenvalue weighted by atomic mass is 10.1. The van der Waals surface area contributed by atoms with Crippen molar-refractivity contribution in [3.05, 3.63) is 53.9 Å². The number of fused-ring (bicyclic) bond motifs is 1. The number of anilines is 1. The van der Waals surface area contributed by atoms with E-state index in [0.717, 1.165) is 11.3 Å². The van der Waals surface area contributed by atoms with Crippen LogP contribution in [-0.4, -0.2) is 71.0 Å². The van der Waals surface area contributed by atoms with Gasteiger partial charge in [0.25, 0.3) is 11.9 Å². The zero-order valence-corrected chi connectivity index (χ0v) is 18.3. The minimum absolute atomic E-state index is 0.224. The van der Waals surface area contributed by atoms with Crippen molar-refractivity contribution in [2.45, 2.75) is 6.92 Å². The molecule has 164 valence electrons. The molecule has 0 aliphatic carbocycles. The van der Waals surface area contributed by atoms with Gasteiger partial charge in [-0.1, -0.05) is 23.8 Å². The fourth-order valence-corrected chi connectivity index (χ4v) is 3.71. The van der Waals surface area contributed by atoms with Gasteiger partial charge < -0.3 is 19.0 Å². The molecule has 1 aliphatic heterocycles. The lowest BCUT2D eigenvalue weighted by molar-refractivity contribution is 0.0799. The zero-order chi connectivity index (χ0) is 22.2. The Kier molecular flexibility index (Phi) is 5.10. The Labute approximate surface area is 185 Å². The van der Waals surface area contributed by atoms with Crippen molar-refractivity contribution in [3.63, 3.8) is 0 Å². The van der Waals surface area contributed by atoms with E-state index in [4.69, 9.17) is 19.2 Å². The summed E-state index contributed by atoms with van der Waals surface area (Å²) in [6, 6.07) is 11.8. The zero-order valence-electron chi connectivity index (χ0n) is 18.3. The van der Waals surface area contributed by atoms with E-state index >= 15 is 0 Å². The van der Waals surface area contributed by atoms with Crippen LogP contribution in [-0.2, 0) is 4.74 Å². The Hall–Kier alpha value is -3.72. The third kappa shape index (κ3) is 3.71. The summed E-state index contributed by atoms with van der Waals surface area (Å²) in [5, 5.41) is 4.70. The highest BCUT2D eigenvalue weighted by Gasteiger charge is 2.24. The summed E-state index contributed by atoms with van der Waals surface area (Å²) in [5.41, 5.74) is 4.09. The third-order valence-electron chi connectivity index (χ3n) is 5.38. The molecule has 9 heteroatoms. The van der Waals surface area contributed by atoms with Crippen LogP contribution in [0.2, 0.25) is 0 Å². The highest BCUT2D eigenvalue weighted by Crippen LogP contribution is 2.29. The van der Waals surface area contributed by atoms with Gasteiger partial charge in [-0.2, -0.15) is 10.1 Å². The number of carbonyl (C=O) groups is 1. The van der Waals surface area contributed by atoms with Crippen molar-refractivity contribution in [2.75, 3.05) is 45.3 Å². The van der Waals surface area contributed by atoms with E-state index in [1.807, 2.05) is 24.4 Å². The Bertz CT molecular complexity index is 1290. The fourth-order valence-electron chi connectivity index (χ4n) is 3.71. The van der Waals surface area contributed by atoms with Crippen molar-refractivity contribution in [2.24, 2.45) is 0 Å². The van der Waals surface area contributed by atoms with Gasteiger partial charge in [-0.05, 0) is 19.1 Å². The number of carbonyl (C=O) groups excluding carboxylic acids is 1. The van der Waals surface area contributed by atoms with Gasteiger partial charge >= 0.3 is 0 Å². The number of furan rings is 1. The first-order chi connectivity index (χ1) is 15.5. The van der Waals surface area contributed by atoms with Crippen LogP contribution in [0.25, 0.3) is 28.3 Å². The molecular weight excluding hydrogens is 408 g/mol. The van der Waals surface area contributed by atoms with Crippen LogP contribution in [0.5, 0.6) is 0 Å². The molecule has 1 amide bonds. The van der Waals surface area contributed by atoms with Gasteiger partial charge in [-0.15, -0.1) is 0 Å². The average Bonchev–Trinajstić information content (AvgIpc) is 3.46. The quantitative estimate of drug-likeness (QED) is 0.490. The van der Waals surface area contributed by atoms with Gasteiger partial charge in [-0.3, -0.25) is 4.79 Å². The number of benzene rings is 1.